The van der Waals surface area contributed by atoms with Gasteiger partial charge in [0.15, 0.2) is 6.61 Å². The van der Waals surface area contributed by atoms with Crippen molar-refractivity contribution in [1.82, 2.24) is 10.3 Å². The average Bonchev–Trinajstić information content (AvgIpc) is 3.12. The van der Waals surface area contributed by atoms with Gasteiger partial charge in [-0.25, -0.2) is 4.79 Å². The highest BCUT2D eigenvalue weighted by atomic mass is 19.4. The fourth-order valence-corrected chi connectivity index (χ4v) is 3.10. The van der Waals surface area contributed by atoms with Gasteiger partial charge < -0.3 is 19.8 Å². The fraction of sp³-hybridized carbons (Fsp3) is 0.318. The minimum absolute atomic E-state index is 0.195. The van der Waals surface area contributed by atoms with Crippen LogP contribution in [0.1, 0.15) is 28.4 Å². The largest absolute Gasteiger partial charge is 0.484 e. The number of benzene rings is 2. The highest BCUT2D eigenvalue weighted by Gasteiger charge is 2.28. The molecule has 0 saturated heterocycles. The second-order valence-corrected chi connectivity index (χ2v) is 6.77. The number of aromatic amines is 1. The van der Waals surface area contributed by atoms with Crippen LogP contribution in [-0.4, -0.2) is 36.9 Å². The second-order valence-electron chi connectivity index (χ2n) is 6.77. The van der Waals surface area contributed by atoms with Gasteiger partial charge in [0.05, 0.1) is 12.2 Å². The molecule has 160 valence electrons. The molecule has 0 radical (unpaired) electrons. The molecule has 0 aliphatic rings. The first-order valence-corrected chi connectivity index (χ1v) is 9.62. The van der Waals surface area contributed by atoms with Crippen molar-refractivity contribution in [1.29, 1.82) is 0 Å². The summed E-state index contributed by atoms with van der Waals surface area (Å²) in [7, 11) is 0. The molecule has 0 aliphatic carbocycles. The van der Waals surface area contributed by atoms with E-state index < -0.39 is 12.8 Å². The summed E-state index contributed by atoms with van der Waals surface area (Å²) in [5, 5.41) is 4.32. The predicted octanol–water partition coefficient (Wildman–Crippen LogP) is 4.62. The number of carbonyl (C=O) groups excluding carboxylic acids is 1. The van der Waals surface area contributed by atoms with Gasteiger partial charge in [0.2, 0.25) is 0 Å². The third kappa shape index (κ3) is 6.00. The van der Waals surface area contributed by atoms with Crippen LogP contribution in [0.25, 0.3) is 10.9 Å². The Hall–Kier alpha value is -3.00. The van der Waals surface area contributed by atoms with E-state index in [1.165, 1.54) is 6.07 Å². The van der Waals surface area contributed by atoms with Crippen LogP contribution in [0.4, 0.5) is 13.2 Å². The van der Waals surface area contributed by atoms with Crippen molar-refractivity contribution in [2.75, 3.05) is 19.8 Å². The normalized spacial score (nSPS) is 11.6. The molecule has 3 aromatic rings. The number of nitrogens with one attached hydrogen (secondary N) is 2. The summed E-state index contributed by atoms with van der Waals surface area (Å²) in [6.07, 6.45) is -1.69. The summed E-state index contributed by atoms with van der Waals surface area (Å²) >= 11 is 0. The Morgan fingerprint density at radius 1 is 1.17 bits per heavy atom. The SMILES string of the molecule is CCOC(=O)c1ccc2c(CCNCc3cccc(OCC(F)(F)F)c3)c[nH]c2c1. The molecule has 0 unspecified atom stereocenters. The molecule has 0 amide bonds. The fourth-order valence-electron chi connectivity index (χ4n) is 3.10. The molecule has 0 atom stereocenters. The number of aromatic nitrogens is 1. The highest BCUT2D eigenvalue weighted by Crippen LogP contribution is 2.21. The summed E-state index contributed by atoms with van der Waals surface area (Å²) in [5.74, 6) is -0.153. The quantitative estimate of drug-likeness (QED) is 0.392. The lowest BCUT2D eigenvalue weighted by atomic mass is 10.1. The Kier molecular flexibility index (Phi) is 6.99. The van der Waals surface area contributed by atoms with Gasteiger partial charge in [0.25, 0.3) is 0 Å². The van der Waals surface area contributed by atoms with Crippen LogP contribution in [0.2, 0.25) is 0 Å². The Bertz CT molecular complexity index is 999. The summed E-state index contributed by atoms with van der Waals surface area (Å²) in [5.41, 5.74) is 3.32. The van der Waals surface area contributed by atoms with Crippen molar-refractivity contribution in [3.05, 3.63) is 65.4 Å². The van der Waals surface area contributed by atoms with Gasteiger partial charge in [0, 0.05) is 23.6 Å². The standard InChI is InChI=1S/C22H23F3N2O3/c1-2-29-21(28)16-6-7-19-17(13-27-20(19)11-16)8-9-26-12-15-4-3-5-18(10-15)30-14-22(23,24)25/h3-7,10-11,13,26-27H,2,8-9,12,14H2,1H3. The lowest BCUT2D eigenvalue weighted by molar-refractivity contribution is -0.153. The Morgan fingerprint density at radius 2 is 2.00 bits per heavy atom. The maximum atomic E-state index is 12.3. The number of esters is 1. The molecule has 0 bridgehead atoms. The van der Waals surface area contributed by atoms with E-state index in [4.69, 9.17) is 9.47 Å². The zero-order valence-corrected chi connectivity index (χ0v) is 16.5. The van der Waals surface area contributed by atoms with Crippen molar-refractivity contribution >= 4 is 16.9 Å². The van der Waals surface area contributed by atoms with Gasteiger partial charge in [-0.05, 0) is 55.3 Å². The maximum Gasteiger partial charge on any atom is 0.422 e. The lowest BCUT2D eigenvalue weighted by Gasteiger charge is -2.10. The second kappa shape index (κ2) is 9.67. The van der Waals surface area contributed by atoms with Gasteiger partial charge in [-0.1, -0.05) is 18.2 Å². The summed E-state index contributed by atoms with van der Waals surface area (Å²) < 4.78 is 46.6. The van der Waals surface area contributed by atoms with E-state index >= 15 is 0 Å². The van der Waals surface area contributed by atoms with Crippen LogP contribution in [0.3, 0.4) is 0 Å². The summed E-state index contributed by atoms with van der Waals surface area (Å²) in [6, 6.07) is 12.0. The Labute approximate surface area is 172 Å². The molecule has 30 heavy (non-hydrogen) atoms. The molecule has 1 heterocycles. The molecule has 0 saturated carbocycles. The number of rotatable bonds is 9. The van der Waals surface area contributed by atoms with E-state index in [1.54, 1.807) is 31.2 Å². The van der Waals surface area contributed by atoms with E-state index in [-0.39, 0.29) is 11.7 Å². The first kappa shape index (κ1) is 21.7. The number of alkyl halides is 3. The van der Waals surface area contributed by atoms with Crippen LogP contribution in [0.5, 0.6) is 5.75 Å². The molecule has 2 N–H and O–H groups in total. The minimum Gasteiger partial charge on any atom is -0.484 e. The topological polar surface area (TPSA) is 63.4 Å². The molecule has 0 spiro atoms. The number of carbonyl (C=O) groups is 1. The number of ether oxygens (including phenoxy) is 2. The van der Waals surface area contributed by atoms with Gasteiger partial charge in [0.1, 0.15) is 5.75 Å². The smallest absolute Gasteiger partial charge is 0.422 e. The van der Waals surface area contributed by atoms with E-state index in [0.717, 1.165) is 28.5 Å². The molecular weight excluding hydrogens is 397 g/mol. The van der Waals surface area contributed by atoms with Crippen LogP contribution in [0.15, 0.2) is 48.7 Å². The van der Waals surface area contributed by atoms with Crippen molar-refractivity contribution < 1.29 is 27.4 Å². The average molecular weight is 420 g/mol. The zero-order valence-electron chi connectivity index (χ0n) is 16.5. The number of halogens is 3. The van der Waals surface area contributed by atoms with Gasteiger partial charge in [-0.3, -0.25) is 0 Å². The van der Waals surface area contributed by atoms with Gasteiger partial charge >= 0.3 is 12.1 Å². The monoisotopic (exact) mass is 420 g/mol. The Balaban J connectivity index is 1.52. The number of hydrogen-bond donors (Lipinski definition) is 2. The van der Waals surface area contributed by atoms with Crippen LogP contribution in [0, 0.1) is 0 Å². The predicted molar refractivity (Wildman–Crippen MR) is 108 cm³/mol. The lowest BCUT2D eigenvalue weighted by Crippen LogP contribution is -2.19. The molecule has 1 aromatic heterocycles. The summed E-state index contributed by atoms with van der Waals surface area (Å²) in [6.45, 7) is 1.99. The first-order valence-electron chi connectivity index (χ1n) is 9.62. The van der Waals surface area contributed by atoms with E-state index in [0.29, 0.717) is 25.3 Å². The van der Waals surface area contributed by atoms with Crippen molar-refractivity contribution in [2.45, 2.75) is 26.1 Å². The highest BCUT2D eigenvalue weighted by molar-refractivity contribution is 5.95. The molecule has 3 rings (SSSR count). The summed E-state index contributed by atoms with van der Waals surface area (Å²) in [4.78, 5) is 15.0. The third-order valence-corrected chi connectivity index (χ3v) is 4.48. The zero-order chi connectivity index (χ0) is 21.6. The van der Waals surface area contributed by atoms with Crippen LogP contribution < -0.4 is 10.1 Å². The molecular formula is C22H23F3N2O3. The third-order valence-electron chi connectivity index (χ3n) is 4.48. The number of H-pyrrole nitrogens is 1. The Morgan fingerprint density at radius 3 is 2.77 bits per heavy atom. The van der Waals surface area contributed by atoms with Crippen molar-refractivity contribution in [3.8, 4) is 5.75 Å². The van der Waals surface area contributed by atoms with Crippen LogP contribution >= 0.6 is 0 Å². The molecule has 0 aliphatic heterocycles. The molecule has 0 fully saturated rings. The van der Waals surface area contributed by atoms with Gasteiger partial charge in [-0.2, -0.15) is 13.2 Å². The van der Waals surface area contributed by atoms with Crippen LogP contribution in [-0.2, 0) is 17.7 Å². The van der Waals surface area contributed by atoms with E-state index in [2.05, 4.69) is 10.3 Å². The van der Waals surface area contributed by atoms with E-state index in [9.17, 15) is 18.0 Å². The number of hydrogen-bond acceptors (Lipinski definition) is 4. The minimum atomic E-state index is -4.36. The maximum absolute atomic E-state index is 12.3. The molecule has 2 aromatic carbocycles. The number of fused-ring (bicyclic) bond motifs is 1. The first-order chi connectivity index (χ1) is 14.4. The van der Waals surface area contributed by atoms with Crippen molar-refractivity contribution in [3.63, 3.8) is 0 Å². The molecule has 8 heteroatoms. The van der Waals surface area contributed by atoms with Gasteiger partial charge in [-0.15, -0.1) is 0 Å². The molecule has 5 nitrogen and oxygen atoms in total. The van der Waals surface area contributed by atoms with E-state index in [1.807, 2.05) is 18.3 Å². The van der Waals surface area contributed by atoms with Crippen molar-refractivity contribution in [2.24, 2.45) is 0 Å².